The molecule has 0 spiro atoms. The van der Waals surface area contributed by atoms with Crippen LogP contribution in [0, 0.1) is 0 Å². The molecule has 0 rings (SSSR count). The number of nitrogens with one attached hydrogen (secondary N) is 3. The van der Waals surface area contributed by atoms with Crippen molar-refractivity contribution in [2.45, 2.75) is 46.2 Å². The summed E-state index contributed by atoms with van der Waals surface area (Å²) in [7, 11) is 2.77. The molecule has 86 valence electrons. The first-order valence-corrected chi connectivity index (χ1v) is 6.89. The molecule has 0 aromatic heterocycles. The standard InChI is InChI=1S/C9H26N4Si/c1-8(2)13(12-9(3,4)5)14(10-6)11-7/h8,10-12,14H,1-7H3. The average molecular weight is 218 g/mol. The molecule has 0 aromatic carbocycles. The molecule has 0 fully saturated rings. The summed E-state index contributed by atoms with van der Waals surface area (Å²) in [5.41, 5.74) is 3.64. The second-order valence-electron chi connectivity index (χ2n) is 4.84. The summed E-state index contributed by atoms with van der Waals surface area (Å²) in [5, 5.41) is 0. The highest BCUT2D eigenvalue weighted by Crippen LogP contribution is 2.04. The SMILES string of the molecule is CN[SiH](NC)N(NC(C)(C)C)C(C)C. The fourth-order valence-electron chi connectivity index (χ4n) is 1.30. The lowest BCUT2D eigenvalue weighted by Gasteiger charge is -2.38. The van der Waals surface area contributed by atoms with Crippen LogP contribution in [0.2, 0.25) is 0 Å². The van der Waals surface area contributed by atoms with E-state index in [1.54, 1.807) is 0 Å². The molecular formula is C9H26N4Si. The van der Waals surface area contributed by atoms with E-state index in [2.05, 4.69) is 54.7 Å². The average Bonchev–Trinajstić information content (AvgIpc) is 2.02. The molecule has 0 bridgehead atoms. The lowest BCUT2D eigenvalue weighted by molar-refractivity contribution is 0.182. The van der Waals surface area contributed by atoms with Gasteiger partial charge in [0.2, 0.25) is 0 Å². The number of hydrogen-bond acceptors (Lipinski definition) is 4. The Morgan fingerprint density at radius 2 is 1.50 bits per heavy atom. The molecule has 0 amide bonds. The number of hydrogen-bond donors (Lipinski definition) is 3. The smallest absolute Gasteiger partial charge is 0.280 e. The van der Waals surface area contributed by atoms with Gasteiger partial charge in [-0.1, -0.05) is 0 Å². The van der Waals surface area contributed by atoms with Crippen LogP contribution in [0.1, 0.15) is 34.6 Å². The second-order valence-corrected chi connectivity index (χ2v) is 7.36. The molecule has 3 N–H and O–H groups in total. The minimum atomic E-state index is -1.24. The van der Waals surface area contributed by atoms with Crippen molar-refractivity contribution in [1.29, 1.82) is 0 Å². The first-order valence-electron chi connectivity index (χ1n) is 5.22. The van der Waals surface area contributed by atoms with Gasteiger partial charge in [-0.3, -0.25) is 5.43 Å². The summed E-state index contributed by atoms with van der Waals surface area (Å²) in [5.74, 6) is 0. The van der Waals surface area contributed by atoms with Gasteiger partial charge in [-0.25, -0.2) is 4.67 Å². The Hall–Kier alpha value is 0.0569. The topological polar surface area (TPSA) is 39.3 Å². The molecule has 0 saturated carbocycles. The number of nitrogens with zero attached hydrogens (tertiary/aromatic N) is 1. The Balaban J connectivity index is 4.43. The highest BCUT2D eigenvalue weighted by molar-refractivity contribution is 6.49. The van der Waals surface area contributed by atoms with Crippen LogP contribution in [0.3, 0.4) is 0 Å². The summed E-state index contributed by atoms with van der Waals surface area (Å²) >= 11 is 0. The van der Waals surface area contributed by atoms with Gasteiger partial charge in [-0.15, -0.1) is 0 Å². The Bertz CT molecular complexity index is 151. The zero-order valence-electron chi connectivity index (χ0n) is 10.6. The van der Waals surface area contributed by atoms with E-state index < -0.39 is 9.28 Å². The molecule has 0 radical (unpaired) electrons. The van der Waals surface area contributed by atoms with E-state index in [9.17, 15) is 0 Å². The normalized spacial score (nSPS) is 13.3. The van der Waals surface area contributed by atoms with E-state index in [0.29, 0.717) is 6.04 Å². The van der Waals surface area contributed by atoms with Crippen LogP contribution < -0.4 is 15.4 Å². The Labute approximate surface area is 90.3 Å². The van der Waals surface area contributed by atoms with Crippen LogP contribution in [0.15, 0.2) is 0 Å². The van der Waals surface area contributed by atoms with Crippen molar-refractivity contribution in [1.82, 2.24) is 20.1 Å². The third-order valence-electron chi connectivity index (χ3n) is 1.85. The molecule has 14 heavy (non-hydrogen) atoms. The molecule has 0 atom stereocenters. The van der Waals surface area contributed by atoms with Gasteiger partial charge in [0, 0.05) is 11.6 Å². The van der Waals surface area contributed by atoms with Crippen LogP contribution in [-0.2, 0) is 0 Å². The summed E-state index contributed by atoms with van der Waals surface area (Å²) < 4.78 is 2.32. The number of rotatable bonds is 5. The molecule has 0 aliphatic carbocycles. The van der Waals surface area contributed by atoms with Crippen LogP contribution in [0.4, 0.5) is 0 Å². The zero-order chi connectivity index (χ0) is 11.4. The van der Waals surface area contributed by atoms with Crippen molar-refractivity contribution in [3.63, 3.8) is 0 Å². The predicted octanol–water partition coefficient (Wildman–Crippen LogP) is 0.156. The van der Waals surface area contributed by atoms with E-state index in [0.717, 1.165) is 0 Å². The van der Waals surface area contributed by atoms with Crippen molar-refractivity contribution in [2.24, 2.45) is 0 Å². The molecule has 0 aromatic rings. The summed E-state index contributed by atoms with van der Waals surface area (Å²) in [6.45, 7) is 10.9. The first-order chi connectivity index (χ1) is 6.31. The summed E-state index contributed by atoms with van der Waals surface area (Å²) in [4.78, 5) is 6.69. The minimum Gasteiger partial charge on any atom is -0.318 e. The Kier molecular flexibility index (Phi) is 5.85. The highest BCUT2D eigenvalue weighted by atomic mass is 28.3. The van der Waals surface area contributed by atoms with Crippen molar-refractivity contribution in [2.75, 3.05) is 14.1 Å². The van der Waals surface area contributed by atoms with Crippen molar-refractivity contribution >= 4 is 9.28 Å². The largest absolute Gasteiger partial charge is 0.318 e. The van der Waals surface area contributed by atoms with Gasteiger partial charge in [-0.05, 0) is 48.7 Å². The Morgan fingerprint density at radius 3 is 1.71 bits per heavy atom. The molecule has 0 aliphatic heterocycles. The van der Waals surface area contributed by atoms with Crippen molar-refractivity contribution in [3.05, 3.63) is 0 Å². The molecule has 5 heteroatoms. The van der Waals surface area contributed by atoms with Crippen LogP contribution in [0.25, 0.3) is 0 Å². The lowest BCUT2D eigenvalue weighted by atomic mass is 10.1. The third-order valence-corrected chi connectivity index (χ3v) is 4.22. The molecule has 0 unspecified atom stereocenters. The van der Waals surface area contributed by atoms with E-state index >= 15 is 0 Å². The van der Waals surface area contributed by atoms with Crippen LogP contribution >= 0.6 is 0 Å². The lowest BCUT2D eigenvalue weighted by Crippen LogP contribution is -2.67. The highest BCUT2D eigenvalue weighted by Gasteiger charge is 2.24. The minimum absolute atomic E-state index is 0.114. The maximum absolute atomic E-state index is 3.53. The third kappa shape index (κ3) is 5.07. The fraction of sp³-hybridized carbons (Fsp3) is 1.00. The van der Waals surface area contributed by atoms with Crippen LogP contribution in [-0.4, -0.2) is 39.6 Å². The van der Waals surface area contributed by atoms with Crippen molar-refractivity contribution in [3.8, 4) is 0 Å². The van der Waals surface area contributed by atoms with Gasteiger partial charge in [-0.2, -0.15) is 0 Å². The van der Waals surface area contributed by atoms with Gasteiger partial charge in [0.15, 0.2) is 0 Å². The van der Waals surface area contributed by atoms with Gasteiger partial charge >= 0.3 is 0 Å². The maximum Gasteiger partial charge on any atom is 0.280 e. The summed E-state index contributed by atoms with van der Waals surface area (Å²) in [6, 6.07) is 0.491. The van der Waals surface area contributed by atoms with E-state index in [-0.39, 0.29) is 5.54 Å². The molecule has 0 heterocycles. The molecular weight excluding hydrogens is 192 g/mol. The zero-order valence-corrected chi connectivity index (χ0v) is 11.8. The van der Waals surface area contributed by atoms with Gasteiger partial charge in [0.05, 0.1) is 0 Å². The van der Waals surface area contributed by atoms with Gasteiger partial charge < -0.3 is 9.96 Å². The quantitative estimate of drug-likeness (QED) is 0.454. The molecule has 0 aliphatic rings. The van der Waals surface area contributed by atoms with E-state index in [1.165, 1.54) is 0 Å². The second kappa shape index (κ2) is 5.82. The molecule has 0 saturated heterocycles. The summed E-state index contributed by atoms with van der Waals surface area (Å²) in [6.07, 6.45) is 0. The van der Waals surface area contributed by atoms with Gasteiger partial charge in [0.1, 0.15) is 0 Å². The van der Waals surface area contributed by atoms with Crippen LogP contribution in [0.5, 0.6) is 0 Å². The maximum atomic E-state index is 3.53. The Morgan fingerprint density at radius 1 is 1.07 bits per heavy atom. The van der Waals surface area contributed by atoms with Gasteiger partial charge in [0.25, 0.3) is 9.28 Å². The monoisotopic (exact) mass is 218 g/mol. The number of hydrazine groups is 1. The first kappa shape index (κ1) is 14.1. The van der Waals surface area contributed by atoms with E-state index in [1.807, 2.05) is 14.1 Å². The predicted molar refractivity (Wildman–Crippen MR) is 65.1 cm³/mol. The van der Waals surface area contributed by atoms with Crippen molar-refractivity contribution < 1.29 is 0 Å². The fourth-order valence-corrected chi connectivity index (χ4v) is 3.26. The molecule has 4 nitrogen and oxygen atoms in total. The van der Waals surface area contributed by atoms with E-state index in [4.69, 9.17) is 0 Å².